The molecule has 69 valence electrons. The molecule has 3 heteroatoms. The predicted octanol–water partition coefficient (Wildman–Crippen LogP) is 1.67. The third-order valence-electron chi connectivity index (χ3n) is 2.20. The zero-order chi connectivity index (χ0) is 9.31. The van der Waals surface area contributed by atoms with Crippen LogP contribution in [0.25, 0.3) is 0 Å². The molecule has 1 aromatic carbocycles. The smallest absolute Gasteiger partial charge is 0.178 e. The minimum Gasteiger partial charge on any atom is -0.224 e. The average molecular weight is 195 g/mol. The van der Waals surface area contributed by atoms with Crippen molar-refractivity contribution in [2.75, 3.05) is 5.75 Å². The van der Waals surface area contributed by atoms with Crippen LogP contribution in [-0.4, -0.2) is 14.2 Å². The van der Waals surface area contributed by atoms with E-state index in [9.17, 15) is 8.42 Å². The van der Waals surface area contributed by atoms with Gasteiger partial charge in [-0.2, -0.15) is 0 Å². The average Bonchev–Trinajstić information content (AvgIpc) is 2.89. The molecular weight excluding hydrogens is 184 g/mol. The highest BCUT2D eigenvalue weighted by Crippen LogP contribution is 2.32. The maximum Gasteiger partial charge on any atom is 0.178 e. The summed E-state index contributed by atoms with van der Waals surface area (Å²) in [6, 6.07) is 9.30. The van der Waals surface area contributed by atoms with Crippen molar-refractivity contribution >= 4 is 9.84 Å². The second kappa shape index (κ2) is 3.14. The monoisotopic (exact) mass is 195 g/mol. The van der Waals surface area contributed by atoms with E-state index in [0.29, 0.717) is 16.6 Å². The Balaban J connectivity index is 2.23. The summed E-state index contributed by atoms with van der Waals surface area (Å²) in [6.45, 7) is 0. The molecule has 1 saturated carbocycles. The summed E-state index contributed by atoms with van der Waals surface area (Å²) in [6.07, 6.45) is 2.14. The molecule has 0 saturated heterocycles. The van der Waals surface area contributed by atoms with Crippen LogP contribution in [0, 0.1) is 12.0 Å². The lowest BCUT2D eigenvalue weighted by molar-refractivity contribution is 0.592. The molecule has 13 heavy (non-hydrogen) atoms. The normalized spacial score (nSPS) is 17.2. The second-order valence-electron chi connectivity index (χ2n) is 3.46. The topological polar surface area (TPSA) is 34.1 Å². The molecule has 0 aliphatic heterocycles. The Kier molecular flexibility index (Phi) is 2.12. The molecule has 0 aromatic heterocycles. The Morgan fingerprint density at radius 1 is 1.31 bits per heavy atom. The molecule has 0 atom stereocenters. The van der Waals surface area contributed by atoms with Crippen LogP contribution in [0.2, 0.25) is 0 Å². The van der Waals surface area contributed by atoms with Crippen molar-refractivity contribution in [2.45, 2.75) is 17.7 Å². The van der Waals surface area contributed by atoms with Crippen LogP contribution in [0.15, 0.2) is 29.2 Å². The van der Waals surface area contributed by atoms with Gasteiger partial charge in [0.25, 0.3) is 0 Å². The quantitative estimate of drug-likeness (QED) is 0.735. The van der Waals surface area contributed by atoms with Gasteiger partial charge in [0.1, 0.15) is 0 Å². The van der Waals surface area contributed by atoms with E-state index in [2.05, 4.69) is 6.07 Å². The van der Waals surface area contributed by atoms with Crippen molar-refractivity contribution in [1.82, 2.24) is 0 Å². The molecule has 0 bridgehead atoms. The van der Waals surface area contributed by atoms with Gasteiger partial charge >= 0.3 is 0 Å². The van der Waals surface area contributed by atoms with Crippen molar-refractivity contribution < 1.29 is 8.42 Å². The molecule has 1 aromatic rings. The molecule has 1 aliphatic carbocycles. The Morgan fingerprint density at radius 2 is 1.92 bits per heavy atom. The summed E-state index contributed by atoms with van der Waals surface area (Å²) < 4.78 is 23.3. The lowest BCUT2D eigenvalue weighted by Gasteiger charge is -2.01. The van der Waals surface area contributed by atoms with Gasteiger partial charge in [-0.1, -0.05) is 12.1 Å². The summed E-state index contributed by atoms with van der Waals surface area (Å²) in [4.78, 5) is 0.429. The molecule has 0 heterocycles. The first-order valence-corrected chi connectivity index (χ1v) is 6.02. The largest absolute Gasteiger partial charge is 0.224 e. The first-order chi connectivity index (χ1) is 6.18. The molecular formula is C10H11O2S. The maximum absolute atomic E-state index is 11.7. The molecule has 2 nitrogen and oxygen atoms in total. The number of sulfone groups is 1. The highest BCUT2D eigenvalue weighted by molar-refractivity contribution is 7.91. The van der Waals surface area contributed by atoms with E-state index >= 15 is 0 Å². The maximum atomic E-state index is 11.7. The fourth-order valence-electron chi connectivity index (χ4n) is 1.27. The Hall–Kier alpha value is -0.830. The van der Waals surface area contributed by atoms with Gasteiger partial charge in [-0.3, -0.25) is 0 Å². The Bertz CT molecular complexity index is 377. The summed E-state index contributed by atoms with van der Waals surface area (Å²) in [5, 5.41) is 0. The van der Waals surface area contributed by atoms with Gasteiger partial charge in [0.2, 0.25) is 0 Å². The van der Waals surface area contributed by atoms with Crippen LogP contribution < -0.4 is 0 Å². The van der Waals surface area contributed by atoms with Crippen molar-refractivity contribution in [3.63, 3.8) is 0 Å². The molecule has 0 amide bonds. The van der Waals surface area contributed by atoms with Gasteiger partial charge in [0.05, 0.1) is 10.6 Å². The Labute approximate surface area is 78.5 Å². The van der Waals surface area contributed by atoms with E-state index in [1.54, 1.807) is 24.3 Å². The van der Waals surface area contributed by atoms with Gasteiger partial charge in [-0.15, -0.1) is 0 Å². The second-order valence-corrected chi connectivity index (χ2v) is 5.49. The Morgan fingerprint density at radius 3 is 2.46 bits per heavy atom. The molecule has 1 radical (unpaired) electrons. The van der Waals surface area contributed by atoms with E-state index in [-0.39, 0.29) is 0 Å². The lowest BCUT2D eigenvalue weighted by atomic mass is 10.4. The first-order valence-electron chi connectivity index (χ1n) is 4.37. The van der Waals surface area contributed by atoms with Gasteiger partial charge in [-0.05, 0) is 37.0 Å². The fourth-order valence-corrected chi connectivity index (χ4v) is 2.97. The zero-order valence-corrected chi connectivity index (χ0v) is 8.05. The fraction of sp³-hybridized carbons (Fsp3) is 0.400. The van der Waals surface area contributed by atoms with Crippen LogP contribution in [0.1, 0.15) is 12.8 Å². The van der Waals surface area contributed by atoms with E-state index in [1.807, 2.05) is 0 Å². The van der Waals surface area contributed by atoms with Crippen molar-refractivity contribution in [2.24, 2.45) is 5.92 Å². The van der Waals surface area contributed by atoms with Gasteiger partial charge in [0.15, 0.2) is 9.84 Å². The minimum atomic E-state index is -3.02. The lowest BCUT2D eigenvalue weighted by Crippen LogP contribution is -2.07. The van der Waals surface area contributed by atoms with Crippen LogP contribution >= 0.6 is 0 Å². The zero-order valence-electron chi connectivity index (χ0n) is 7.23. The SMILES string of the molecule is O=S(=O)(CC1CC1)c1cc[c]cc1. The van der Waals surface area contributed by atoms with Crippen molar-refractivity contribution in [3.8, 4) is 0 Å². The molecule has 0 spiro atoms. The molecule has 0 unspecified atom stereocenters. The standard InChI is InChI=1S/C10H11O2S/c11-13(12,8-9-6-7-9)10-4-2-1-3-5-10/h2-5,9H,6-8H2. The first kappa shape index (κ1) is 8.75. The van der Waals surface area contributed by atoms with E-state index in [1.165, 1.54) is 0 Å². The van der Waals surface area contributed by atoms with E-state index in [0.717, 1.165) is 12.8 Å². The summed E-state index contributed by atoms with van der Waals surface area (Å²) in [7, 11) is -3.02. The van der Waals surface area contributed by atoms with E-state index in [4.69, 9.17) is 0 Å². The molecule has 1 fully saturated rings. The highest BCUT2D eigenvalue weighted by Gasteiger charge is 2.28. The van der Waals surface area contributed by atoms with Crippen LogP contribution in [0.5, 0.6) is 0 Å². The number of hydrogen-bond donors (Lipinski definition) is 0. The number of benzene rings is 1. The van der Waals surface area contributed by atoms with Gasteiger partial charge in [0, 0.05) is 0 Å². The molecule has 2 rings (SSSR count). The van der Waals surface area contributed by atoms with Crippen LogP contribution in [0.3, 0.4) is 0 Å². The van der Waals surface area contributed by atoms with Crippen molar-refractivity contribution in [1.29, 1.82) is 0 Å². The van der Waals surface area contributed by atoms with Gasteiger partial charge < -0.3 is 0 Å². The predicted molar refractivity (Wildman–Crippen MR) is 50.1 cm³/mol. The van der Waals surface area contributed by atoms with Crippen LogP contribution in [-0.2, 0) is 9.84 Å². The number of hydrogen-bond acceptors (Lipinski definition) is 2. The summed E-state index contributed by atoms with van der Waals surface area (Å²) in [5.74, 6) is 0.728. The van der Waals surface area contributed by atoms with E-state index < -0.39 is 9.84 Å². The van der Waals surface area contributed by atoms with Crippen molar-refractivity contribution in [3.05, 3.63) is 30.3 Å². The van der Waals surface area contributed by atoms with Crippen LogP contribution in [0.4, 0.5) is 0 Å². The van der Waals surface area contributed by atoms with Gasteiger partial charge in [-0.25, -0.2) is 8.42 Å². The summed E-state index contributed by atoms with van der Waals surface area (Å²) in [5.41, 5.74) is 0. The summed E-state index contributed by atoms with van der Waals surface area (Å²) >= 11 is 0. The minimum absolute atomic E-state index is 0.316. The number of rotatable bonds is 3. The molecule has 1 aliphatic rings. The molecule has 0 N–H and O–H groups in total. The highest BCUT2D eigenvalue weighted by atomic mass is 32.2. The third-order valence-corrected chi connectivity index (χ3v) is 4.10. The third kappa shape index (κ3) is 2.10.